The molecule has 2 rings (SSSR count). The average Bonchev–Trinajstić information content (AvgIpc) is 2.78. The minimum absolute atomic E-state index is 0.0886. The molecule has 1 aromatic rings. The Kier molecular flexibility index (Phi) is 2.94. The van der Waals surface area contributed by atoms with Gasteiger partial charge in [0.25, 0.3) is 0 Å². The first kappa shape index (κ1) is 10.7. The minimum atomic E-state index is -0.860. The number of hydrogen-bond donors (Lipinski definition) is 1. The summed E-state index contributed by atoms with van der Waals surface area (Å²) >= 11 is 0. The van der Waals surface area contributed by atoms with Crippen molar-refractivity contribution < 1.29 is 9.90 Å². The van der Waals surface area contributed by atoms with Gasteiger partial charge in [-0.1, -0.05) is 0 Å². The summed E-state index contributed by atoms with van der Waals surface area (Å²) in [5.41, 5.74) is 1.11. The molecular weight excluding hydrogens is 206 g/mol. The summed E-state index contributed by atoms with van der Waals surface area (Å²) in [4.78, 5) is 18.4. The standard InChI is InChI=1S/C11H15N3O2/c1-13(11(15)16)10-4-7-14(8-10)9-2-5-12-6-3-9/h2-3,5-6,10H,4,7-8H2,1H3,(H,15,16). The molecule has 2 heterocycles. The molecule has 1 aromatic heterocycles. The van der Waals surface area contributed by atoms with Gasteiger partial charge in [-0.15, -0.1) is 0 Å². The first-order valence-electron chi connectivity index (χ1n) is 5.29. The lowest BCUT2D eigenvalue weighted by Crippen LogP contribution is -2.38. The van der Waals surface area contributed by atoms with Crippen molar-refractivity contribution in [1.82, 2.24) is 9.88 Å². The molecule has 5 heteroatoms. The second kappa shape index (κ2) is 4.38. The van der Waals surface area contributed by atoms with Crippen molar-refractivity contribution in [3.8, 4) is 0 Å². The number of rotatable bonds is 2. The quantitative estimate of drug-likeness (QED) is 0.817. The molecule has 0 bridgehead atoms. The number of carbonyl (C=O) groups is 1. The molecule has 1 amide bonds. The maximum atomic E-state index is 10.8. The molecule has 1 saturated heterocycles. The van der Waals surface area contributed by atoms with Gasteiger partial charge >= 0.3 is 6.09 Å². The van der Waals surface area contributed by atoms with E-state index in [0.29, 0.717) is 0 Å². The Hall–Kier alpha value is -1.78. The van der Waals surface area contributed by atoms with Crippen molar-refractivity contribution >= 4 is 11.8 Å². The monoisotopic (exact) mass is 221 g/mol. The van der Waals surface area contributed by atoms with Crippen molar-refractivity contribution in [2.24, 2.45) is 0 Å². The summed E-state index contributed by atoms with van der Waals surface area (Å²) in [6, 6.07) is 3.98. The van der Waals surface area contributed by atoms with Gasteiger partial charge in [0.15, 0.2) is 0 Å². The number of pyridine rings is 1. The predicted molar refractivity (Wildman–Crippen MR) is 60.6 cm³/mol. The summed E-state index contributed by atoms with van der Waals surface area (Å²) < 4.78 is 0. The summed E-state index contributed by atoms with van der Waals surface area (Å²) in [6.07, 6.45) is 3.53. The molecule has 1 unspecified atom stereocenters. The van der Waals surface area contributed by atoms with Gasteiger partial charge in [0, 0.05) is 38.2 Å². The van der Waals surface area contributed by atoms with Crippen molar-refractivity contribution in [3.63, 3.8) is 0 Å². The van der Waals surface area contributed by atoms with Crippen LogP contribution in [0, 0.1) is 0 Å². The fourth-order valence-electron chi connectivity index (χ4n) is 2.00. The van der Waals surface area contributed by atoms with Crippen molar-refractivity contribution in [1.29, 1.82) is 0 Å². The van der Waals surface area contributed by atoms with Gasteiger partial charge in [0.05, 0.1) is 6.04 Å². The highest BCUT2D eigenvalue weighted by atomic mass is 16.4. The van der Waals surface area contributed by atoms with Crippen LogP contribution in [0.15, 0.2) is 24.5 Å². The van der Waals surface area contributed by atoms with Crippen LogP contribution >= 0.6 is 0 Å². The first-order valence-corrected chi connectivity index (χ1v) is 5.29. The zero-order valence-electron chi connectivity index (χ0n) is 9.21. The van der Waals surface area contributed by atoms with E-state index < -0.39 is 6.09 Å². The Morgan fingerprint density at radius 3 is 2.88 bits per heavy atom. The number of amides is 1. The van der Waals surface area contributed by atoms with E-state index in [1.807, 2.05) is 12.1 Å². The third-order valence-electron chi connectivity index (χ3n) is 3.04. The Morgan fingerprint density at radius 2 is 2.25 bits per heavy atom. The van der Waals surface area contributed by atoms with E-state index in [0.717, 1.165) is 25.2 Å². The maximum Gasteiger partial charge on any atom is 0.407 e. The second-order valence-corrected chi connectivity index (χ2v) is 3.99. The van der Waals surface area contributed by atoms with E-state index in [1.54, 1.807) is 19.4 Å². The zero-order chi connectivity index (χ0) is 11.5. The Balaban J connectivity index is 2.01. The summed E-state index contributed by atoms with van der Waals surface area (Å²) in [7, 11) is 1.63. The van der Waals surface area contributed by atoms with Gasteiger partial charge < -0.3 is 14.9 Å². The molecule has 5 nitrogen and oxygen atoms in total. The number of nitrogens with zero attached hydrogens (tertiary/aromatic N) is 3. The summed E-state index contributed by atoms with van der Waals surface area (Å²) in [5.74, 6) is 0. The van der Waals surface area contributed by atoms with Crippen LogP contribution in [-0.2, 0) is 0 Å². The van der Waals surface area contributed by atoms with E-state index in [-0.39, 0.29) is 6.04 Å². The molecule has 0 radical (unpaired) electrons. The second-order valence-electron chi connectivity index (χ2n) is 3.99. The van der Waals surface area contributed by atoms with E-state index >= 15 is 0 Å². The summed E-state index contributed by atoms with van der Waals surface area (Å²) in [5, 5.41) is 8.90. The van der Waals surface area contributed by atoms with E-state index in [4.69, 9.17) is 5.11 Å². The highest BCUT2D eigenvalue weighted by molar-refractivity contribution is 5.65. The molecule has 0 spiro atoms. The van der Waals surface area contributed by atoms with Gasteiger partial charge in [-0.25, -0.2) is 4.79 Å². The number of likely N-dealkylation sites (N-methyl/N-ethyl adjacent to an activating group) is 1. The van der Waals surface area contributed by atoms with Crippen molar-refractivity contribution in [3.05, 3.63) is 24.5 Å². The molecule has 0 aliphatic carbocycles. The van der Waals surface area contributed by atoms with Crippen LogP contribution in [0.3, 0.4) is 0 Å². The average molecular weight is 221 g/mol. The molecule has 1 fully saturated rings. The molecular formula is C11H15N3O2. The molecule has 16 heavy (non-hydrogen) atoms. The number of carboxylic acid groups (broad SMARTS) is 1. The van der Waals surface area contributed by atoms with Crippen molar-refractivity contribution in [2.75, 3.05) is 25.0 Å². The summed E-state index contributed by atoms with van der Waals surface area (Å²) in [6.45, 7) is 1.65. The van der Waals surface area contributed by atoms with Crippen LogP contribution in [-0.4, -0.2) is 47.3 Å². The fraction of sp³-hybridized carbons (Fsp3) is 0.455. The molecule has 86 valence electrons. The smallest absolute Gasteiger partial charge is 0.407 e. The third kappa shape index (κ3) is 2.08. The largest absolute Gasteiger partial charge is 0.465 e. The molecule has 1 aliphatic rings. The highest BCUT2D eigenvalue weighted by Crippen LogP contribution is 2.21. The topological polar surface area (TPSA) is 56.7 Å². The highest BCUT2D eigenvalue weighted by Gasteiger charge is 2.28. The number of hydrogen-bond acceptors (Lipinski definition) is 3. The van der Waals surface area contributed by atoms with Crippen LogP contribution in [0.5, 0.6) is 0 Å². The van der Waals surface area contributed by atoms with Crippen LogP contribution in [0.2, 0.25) is 0 Å². The molecule has 1 N–H and O–H groups in total. The SMILES string of the molecule is CN(C(=O)O)C1CCN(c2ccncc2)C1. The van der Waals surface area contributed by atoms with E-state index in [9.17, 15) is 4.79 Å². The van der Waals surface area contributed by atoms with Gasteiger partial charge in [-0.05, 0) is 18.6 Å². The predicted octanol–water partition coefficient (Wildman–Crippen LogP) is 1.27. The lowest BCUT2D eigenvalue weighted by molar-refractivity contribution is 0.142. The van der Waals surface area contributed by atoms with E-state index in [2.05, 4.69) is 9.88 Å². The normalized spacial score (nSPS) is 19.8. The Bertz CT molecular complexity index is 369. The Labute approximate surface area is 94.3 Å². The van der Waals surface area contributed by atoms with E-state index in [1.165, 1.54) is 4.90 Å². The third-order valence-corrected chi connectivity index (χ3v) is 3.04. The number of aromatic nitrogens is 1. The lowest BCUT2D eigenvalue weighted by Gasteiger charge is -2.22. The number of anilines is 1. The fourth-order valence-corrected chi connectivity index (χ4v) is 2.00. The van der Waals surface area contributed by atoms with Crippen LogP contribution in [0.1, 0.15) is 6.42 Å². The van der Waals surface area contributed by atoms with Crippen LogP contribution in [0.25, 0.3) is 0 Å². The first-order chi connectivity index (χ1) is 7.68. The minimum Gasteiger partial charge on any atom is -0.465 e. The van der Waals surface area contributed by atoms with Crippen molar-refractivity contribution in [2.45, 2.75) is 12.5 Å². The maximum absolute atomic E-state index is 10.8. The molecule has 0 aromatic carbocycles. The van der Waals surface area contributed by atoms with Gasteiger partial charge in [0.2, 0.25) is 0 Å². The zero-order valence-corrected chi connectivity index (χ0v) is 9.21. The van der Waals surface area contributed by atoms with Gasteiger partial charge in [-0.2, -0.15) is 0 Å². The molecule has 1 atom stereocenters. The van der Waals surface area contributed by atoms with Crippen LogP contribution < -0.4 is 4.90 Å². The van der Waals surface area contributed by atoms with Crippen LogP contribution in [0.4, 0.5) is 10.5 Å². The van der Waals surface area contributed by atoms with Gasteiger partial charge in [0.1, 0.15) is 0 Å². The van der Waals surface area contributed by atoms with Gasteiger partial charge in [-0.3, -0.25) is 4.98 Å². The molecule has 1 aliphatic heterocycles. The lowest BCUT2D eigenvalue weighted by atomic mass is 10.2. The Morgan fingerprint density at radius 1 is 1.56 bits per heavy atom. The molecule has 0 saturated carbocycles.